The van der Waals surface area contributed by atoms with Crippen LogP contribution in [0, 0.1) is 6.33 Å². The molecule has 11 aromatic carbocycles. The first kappa shape index (κ1) is 31.1. The Bertz CT molecular complexity index is 6150. The second-order valence-corrected chi connectivity index (χ2v) is 26.0. The lowest BCUT2D eigenvalue weighted by atomic mass is 9.82. The Morgan fingerprint density at radius 1 is 0.465 bits per heavy atom. The van der Waals surface area contributed by atoms with E-state index in [1.165, 1.54) is 33.4 Å². The van der Waals surface area contributed by atoms with Gasteiger partial charge in [-0.25, -0.2) is 4.98 Å². The Kier molecular flexibility index (Phi) is 7.89. The highest BCUT2D eigenvalue weighted by atomic mass is 28.3. The van der Waals surface area contributed by atoms with Crippen LogP contribution in [-0.2, 0) is 10.8 Å². The summed E-state index contributed by atoms with van der Waals surface area (Å²) >= 11 is 0. The molecule has 416 valence electrons. The van der Waals surface area contributed by atoms with Gasteiger partial charge in [-0.05, 0) is 143 Å². The van der Waals surface area contributed by atoms with E-state index in [-0.39, 0.29) is 44.3 Å². The number of hydrogen-bond donors (Lipinski definition) is 0. The topological polar surface area (TPSA) is 35.9 Å². The smallest absolute Gasteiger partial charge is 0.269 e. The van der Waals surface area contributed by atoms with Crippen LogP contribution in [0.3, 0.4) is 0 Å². The molecule has 14 aromatic rings. The number of nitrogens with zero attached hydrogens (tertiary/aromatic N) is 4. The molecule has 86 heavy (non-hydrogen) atoms. The molecule has 6 heteroatoms. The monoisotopic (exact) mass is 1150 g/mol. The maximum atomic E-state index is 10.4. The standard InChI is InChI=1S/C80H66N4OSi/c1-79(2,3)61-46-47-81-77(51-61)84-73-41-23-22-38-70(73)71-44-42-64(53-75(71)84)85-63-31-24-30-62(52-63)82-55-83(74-45-43-68(54-76(74)82)86(65-32-16-9-17-33-65,66-34-18-10-19-35-66)67-36-20-11-21-37-67)78-69(39-25-40-72(78)80(4,5)6)60-49-58(56-26-12-7-13-27-56)48-59(50-60)57-28-14-8-15-29-57/h7-54H,1-6H3/i7D,8D,9D,10D,11D,12D,13D,14D,15D,16D,17D,18D,19D,20D,21D,26D,27D,28D,29D,32D,33D,34D,35D,36D,37D,48D,49D,50D. The van der Waals surface area contributed by atoms with Crippen LogP contribution in [0.5, 0.6) is 11.5 Å². The van der Waals surface area contributed by atoms with Crippen LogP contribution in [0.15, 0.2) is 291 Å². The number of benzene rings is 11. The van der Waals surface area contributed by atoms with Crippen molar-refractivity contribution in [3.05, 3.63) is 308 Å². The Balaban J connectivity index is 1.15. The molecule has 0 bridgehead atoms. The van der Waals surface area contributed by atoms with Crippen molar-refractivity contribution in [2.45, 2.75) is 52.4 Å². The number of aromatic nitrogens is 4. The predicted octanol–water partition coefficient (Wildman–Crippen LogP) is 17.0. The van der Waals surface area contributed by atoms with Crippen molar-refractivity contribution in [1.82, 2.24) is 14.1 Å². The summed E-state index contributed by atoms with van der Waals surface area (Å²) in [7, 11) is -5.89. The second-order valence-electron chi connectivity index (χ2n) is 22.5. The fourth-order valence-electron chi connectivity index (χ4n) is 11.1. The largest absolute Gasteiger partial charge is 0.458 e. The van der Waals surface area contributed by atoms with E-state index in [1.54, 1.807) is 48.7 Å². The van der Waals surface area contributed by atoms with Gasteiger partial charge in [-0.3, -0.25) is 13.7 Å². The van der Waals surface area contributed by atoms with E-state index in [4.69, 9.17) is 22.1 Å². The first-order valence-corrected chi connectivity index (χ1v) is 29.5. The van der Waals surface area contributed by atoms with E-state index < -0.39 is 226 Å². The molecule has 0 N–H and O–H groups in total. The summed E-state index contributed by atoms with van der Waals surface area (Å²) in [5, 5.41) is -0.841. The molecule has 0 saturated heterocycles. The summed E-state index contributed by atoms with van der Waals surface area (Å²) in [6, 6.07) is 6.49. The number of ether oxygens (including phenoxy) is 1. The summed E-state index contributed by atoms with van der Waals surface area (Å²) in [6.45, 7) is 11.8. The molecule has 0 radical (unpaired) electrons. The van der Waals surface area contributed by atoms with Crippen molar-refractivity contribution >= 4 is 61.7 Å². The third kappa shape index (κ3) is 9.72. The highest BCUT2D eigenvalue weighted by Crippen LogP contribution is 2.40. The molecule has 0 atom stereocenters. The van der Waals surface area contributed by atoms with Crippen molar-refractivity contribution in [3.63, 3.8) is 0 Å². The summed E-state index contributed by atoms with van der Waals surface area (Å²) in [4.78, 5) is 4.85. The zero-order chi connectivity index (χ0) is 82.9. The molecule has 0 aliphatic heterocycles. The van der Waals surface area contributed by atoms with Crippen molar-refractivity contribution in [3.8, 4) is 62.1 Å². The number of para-hydroxylation sites is 2. The normalized spacial score (nSPS) is 16.6. The van der Waals surface area contributed by atoms with E-state index in [1.807, 2.05) is 73.9 Å². The maximum Gasteiger partial charge on any atom is 0.269 e. The molecular weight excluding hydrogens is 1060 g/mol. The van der Waals surface area contributed by atoms with Crippen LogP contribution in [0.4, 0.5) is 0 Å². The van der Waals surface area contributed by atoms with Gasteiger partial charge in [0.1, 0.15) is 17.3 Å². The van der Waals surface area contributed by atoms with Gasteiger partial charge in [-0.15, -0.1) is 0 Å². The van der Waals surface area contributed by atoms with Crippen LogP contribution >= 0.6 is 0 Å². The first-order chi connectivity index (χ1) is 53.5. The average Bonchev–Trinajstić information content (AvgIpc) is 0.826. The number of fused-ring (bicyclic) bond motifs is 4. The fourth-order valence-corrected chi connectivity index (χ4v) is 14.9. The van der Waals surface area contributed by atoms with E-state index in [0.29, 0.717) is 17.1 Å². The third-order valence-electron chi connectivity index (χ3n) is 15.1. The average molecular weight is 1160 g/mol. The van der Waals surface area contributed by atoms with Crippen LogP contribution in [0.2, 0.25) is 0 Å². The molecule has 0 aliphatic rings. The number of rotatable bonds is 12. The van der Waals surface area contributed by atoms with Gasteiger partial charge in [0.05, 0.1) is 71.8 Å². The van der Waals surface area contributed by atoms with Gasteiger partial charge in [-0.1, -0.05) is 253 Å². The fraction of sp³-hybridized carbons (Fsp3) is 0.100. The van der Waals surface area contributed by atoms with E-state index in [0.717, 1.165) is 27.4 Å². The molecule has 3 heterocycles. The summed E-state index contributed by atoms with van der Waals surface area (Å²) in [5.74, 6) is 1.16. The van der Waals surface area contributed by atoms with Gasteiger partial charge >= 0.3 is 0 Å². The van der Waals surface area contributed by atoms with Gasteiger partial charge in [0.25, 0.3) is 6.33 Å². The van der Waals surface area contributed by atoms with Crippen molar-refractivity contribution in [1.29, 1.82) is 0 Å². The number of pyridine rings is 1. The van der Waals surface area contributed by atoms with Gasteiger partial charge in [0.15, 0.2) is 8.07 Å². The molecule has 0 spiro atoms. The van der Waals surface area contributed by atoms with Gasteiger partial charge in [0, 0.05) is 23.0 Å². The first-order valence-electron chi connectivity index (χ1n) is 41.5. The Labute approximate surface area is 544 Å². The second kappa shape index (κ2) is 21.8. The highest BCUT2D eigenvalue weighted by molar-refractivity contribution is 7.20. The van der Waals surface area contributed by atoms with E-state index in [9.17, 15) is 26.0 Å². The Morgan fingerprint density at radius 3 is 1.65 bits per heavy atom. The molecule has 0 fully saturated rings. The van der Waals surface area contributed by atoms with Crippen LogP contribution in [0.1, 0.15) is 91.1 Å². The van der Waals surface area contributed by atoms with Crippen LogP contribution in [0.25, 0.3) is 83.4 Å². The molecular formula is C80H66N4OSi. The minimum Gasteiger partial charge on any atom is -0.458 e. The van der Waals surface area contributed by atoms with Crippen molar-refractivity contribution in [2.75, 3.05) is 0 Å². The lowest BCUT2D eigenvalue weighted by Crippen LogP contribution is -2.74. The summed E-state index contributed by atoms with van der Waals surface area (Å²) in [5.41, 5.74) is -1.51. The molecule has 0 saturated carbocycles. The lowest BCUT2D eigenvalue weighted by molar-refractivity contribution is -0.572. The Morgan fingerprint density at radius 2 is 1.03 bits per heavy atom. The molecule has 0 aliphatic carbocycles. The minimum atomic E-state index is -5.89. The van der Waals surface area contributed by atoms with E-state index in [2.05, 4.69) is 27.1 Å². The maximum absolute atomic E-state index is 10.4. The quantitative estimate of drug-likeness (QED) is 0.0529. The zero-order valence-corrected chi connectivity index (χ0v) is 48.2. The minimum absolute atomic E-state index is 0.0317. The van der Waals surface area contributed by atoms with Crippen molar-refractivity contribution < 1.29 is 47.7 Å². The molecule has 5 nitrogen and oxygen atoms in total. The van der Waals surface area contributed by atoms with Crippen LogP contribution < -0.4 is 30.1 Å². The molecule has 0 unspecified atom stereocenters. The number of hydrogen-bond acceptors (Lipinski definition) is 2. The van der Waals surface area contributed by atoms with Gasteiger partial charge in [0.2, 0.25) is 0 Å². The molecule has 14 rings (SSSR count). The van der Waals surface area contributed by atoms with Crippen LogP contribution in [-0.4, -0.2) is 22.2 Å². The van der Waals surface area contributed by atoms with Gasteiger partial charge in [-0.2, -0.15) is 0 Å². The number of imidazole rings is 1. The predicted molar refractivity (Wildman–Crippen MR) is 360 cm³/mol. The SMILES string of the molecule is [2H]c1c([2H])c([2H])c(-c2c([2H])c(-c3cccc(C(C)(C)C)c3-[n+]3[c-]n(-c4cccc(Oc5ccc6c7ccccc7n(-c7cc(C(C)(C)C)ccn7)c6c5)c4)c4cc([Si](c5c([2H])c([2H])c([2H])c([2H])c5[2H])(c5c([2H])c([2H])c([2H])c([2H])c5[2H])c5c([2H])c([2H])c([2H])c([2H])c5[2H])ccc43)c([2H])c(-c3c([2H])c([2H])c([2H])c([2H])c3[2H])c2[2H])c([2H])c1[2H]. The van der Waals surface area contributed by atoms with Gasteiger partial charge < -0.3 is 4.74 Å². The molecule has 3 aromatic heterocycles. The third-order valence-corrected chi connectivity index (χ3v) is 19.3. The Hall–Kier alpha value is -10.1. The summed E-state index contributed by atoms with van der Waals surface area (Å²) < 4.78 is 274. The molecule has 0 amide bonds. The highest BCUT2D eigenvalue weighted by Gasteiger charge is 2.42. The van der Waals surface area contributed by atoms with E-state index >= 15 is 0 Å². The lowest BCUT2D eigenvalue weighted by Gasteiger charge is -2.34. The summed E-state index contributed by atoms with van der Waals surface area (Å²) in [6.07, 6.45) is 5.22. The zero-order valence-electron chi connectivity index (χ0n) is 75.2. The van der Waals surface area contributed by atoms with Crippen molar-refractivity contribution in [2.24, 2.45) is 0 Å².